The Labute approximate surface area is 107 Å². The predicted molar refractivity (Wildman–Crippen MR) is 30.5 cm³/mol. The second-order valence-corrected chi connectivity index (χ2v) is 3.80. The Morgan fingerprint density at radius 1 is 1.00 bits per heavy atom. The van der Waals surface area contributed by atoms with Gasteiger partial charge in [-0.2, -0.15) is 26.3 Å². The Kier molecular flexibility index (Phi) is 5.82. The van der Waals surface area contributed by atoms with Gasteiger partial charge in [0, 0.05) is 0 Å². The second-order valence-electron chi connectivity index (χ2n) is 2.38. The van der Waals surface area contributed by atoms with E-state index >= 15 is 0 Å². The van der Waals surface area contributed by atoms with Crippen molar-refractivity contribution in [2.45, 2.75) is 17.1 Å². The average Bonchev–Trinajstić information content (AvgIpc) is 2.01. The fourth-order valence-corrected chi connectivity index (χ4v) is 0.917. The first-order valence-electron chi connectivity index (χ1n) is 2.96. The van der Waals surface area contributed by atoms with Crippen molar-refractivity contribution in [2.75, 3.05) is 6.67 Å². The van der Waals surface area contributed by atoms with Crippen LogP contribution >= 0.6 is 0 Å². The van der Waals surface area contributed by atoms with Crippen LogP contribution < -0.4 is 29.6 Å². The van der Waals surface area contributed by atoms with Crippen molar-refractivity contribution in [3.63, 3.8) is 0 Å². The summed E-state index contributed by atoms with van der Waals surface area (Å²) in [6.45, 7) is -3.23. The Morgan fingerprint density at radius 3 is 1.50 bits per heavy atom. The van der Waals surface area contributed by atoms with Crippen LogP contribution in [0.4, 0.5) is 30.7 Å². The minimum absolute atomic E-state index is 0. The molecule has 0 aliphatic carbocycles. The van der Waals surface area contributed by atoms with Crippen LogP contribution in [-0.2, 0) is 10.1 Å². The van der Waals surface area contributed by atoms with E-state index in [2.05, 4.69) is 0 Å². The van der Waals surface area contributed by atoms with E-state index in [-0.39, 0.29) is 29.6 Å². The van der Waals surface area contributed by atoms with Crippen LogP contribution in [-0.4, -0.2) is 36.7 Å². The Bertz CT molecular complexity index is 340. The van der Waals surface area contributed by atoms with Crippen molar-refractivity contribution in [3.8, 4) is 0 Å². The van der Waals surface area contributed by atoms with E-state index in [1.165, 1.54) is 0 Å². The molecule has 16 heavy (non-hydrogen) atoms. The zero-order valence-corrected chi connectivity index (χ0v) is 10.3. The van der Waals surface area contributed by atoms with Gasteiger partial charge < -0.3 is 4.55 Å². The molecule has 0 atom stereocenters. The molecule has 3 nitrogen and oxygen atoms in total. The van der Waals surface area contributed by atoms with Crippen molar-refractivity contribution in [1.82, 2.24) is 0 Å². The van der Waals surface area contributed by atoms with E-state index in [4.69, 9.17) is 0 Å². The van der Waals surface area contributed by atoms with Gasteiger partial charge in [-0.25, -0.2) is 12.8 Å². The van der Waals surface area contributed by atoms with Crippen LogP contribution in [0.3, 0.4) is 0 Å². The minimum atomic E-state index is -7.03. The number of alkyl halides is 7. The summed E-state index contributed by atoms with van der Waals surface area (Å²) >= 11 is 0. The summed E-state index contributed by atoms with van der Waals surface area (Å²) in [7, 11) is -7.03. The van der Waals surface area contributed by atoms with Crippen LogP contribution in [0.15, 0.2) is 0 Å². The molecule has 0 amide bonds. The van der Waals surface area contributed by atoms with Gasteiger partial charge in [0.05, 0.1) is 0 Å². The van der Waals surface area contributed by atoms with E-state index in [1.54, 1.807) is 0 Å². The molecule has 0 saturated carbocycles. The summed E-state index contributed by atoms with van der Waals surface area (Å²) in [5, 5.41) is -6.59. The minimum Gasteiger partial charge on any atom is -0.743 e. The topological polar surface area (TPSA) is 57.2 Å². The average molecular weight is 286 g/mol. The smallest absolute Gasteiger partial charge is 0.743 e. The molecule has 0 aliphatic heterocycles. The third kappa shape index (κ3) is 2.81. The fourth-order valence-electron chi connectivity index (χ4n) is 0.454. The molecule has 12 heteroatoms. The van der Waals surface area contributed by atoms with Gasteiger partial charge in [0.1, 0.15) is 0 Å². The van der Waals surface area contributed by atoms with Crippen LogP contribution in [0, 0.1) is 0 Å². The molecule has 92 valence electrons. The number of hydrogen-bond acceptors (Lipinski definition) is 3. The van der Waals surface area contributed by atoms with E-state index in [1.807, 2.05) is 0 Å². The second kappa shape index (κ2) is 4.96. The van der Waals surface area contributed by atoms with Gasteiger partial charge in [-0.3, -0.25) is 0 Å². The quantitative estimate of drug-likeness (QED) is 0.354. The van der Waals surface area contributed by atoms with Crippen molar-refractivity contribution in [2.24, 2.45) is 0 Å². The fraction of sp³-hybridized carbons (Fsp3) is 1.00. The summed E-state index contributed by atoms with van der Waals surface area (Å²) in [6, 6.07) is 0. The van der Waals surface area contributed by atoms with Gasteiger partial charge in [-0.05, 0) is 0 Å². The van der Waals surface area contributed by atoms with Gasteiger partial charge in [0.25, 0.3) is 0 Å². The number of halogens is 7. The summed E-state index contributed by atoms with van der Waals surface area (Å²) < 4.78 is 113. The molecule has 0 bridgehead atoms. The predicted octanol–water partition coefficient (Wildman–Crippen LogP) is -1.63. The largest absolute Gasteiger partial charge is 1.00 e. The maximum absolute atomic E-state index is 12.2. The van der Waals surface area contributed by atoms with Crippen molar-refractivity contribution in [3.05, 3.63) is 0 Å². The summed E-state index contributed by atoms with van der Waals surface area (Å²) in [5.74, 6) is -12.6. The monoisotopic (exact) mass is 286 g/mol. The van der Waals surface area contributed by atoms with Gasteiger partial charge >= 0.3 is 46.7 Å². The third-order valence-corrected chi connectivity index (χ3v) is 2.19. The van der Waals surface area contributed by atoms with Crippen molar-refractivity contribution in [1.29, 1.82) is 0 Å². The molecular formula is C4H2F7NaO3S. The Morgan fingerprint density at radius 2 is 1.31 bits per heavy atom. The van der Waals surface area contributed by atoms with Crippen molar-refractivity contribution >= 4 is 10.1 Å². The molecular weight excluding hydrogens is 284 g/mol. The van der Waals surface area contributed by atoms with E-state index < -0.39 is 33.9 Å². The van der Waals surface area contributed by atoms with Crippen LogP contribution in [0.25, 0.3) is 0 Å². The van der Waals surface area contributed by atoms with E-state index in [0.29, 0.717) is 0 Å². The van der Waals surface area contributed by atoms with Crippen molar-refractivity contribution < 1.29 is 73.3 Å². The molecule has 0 fully saturated rings. The van der Waals surface area contributed by atoms with Crippen LogP contribution in [0.5, 0.6) is 0 Å². The molecule has 0 aromatic heterocycles. The van der Waals surface area contributed by atoms with Crippen LogP contribution in [0.2, 0.25) is 0 Å². The number of rotatable bonds is 4. The number of hydrogen-bond donors (Lipinski definition) is 0. The molecule has 0 aromatic rings. The summed E-state index contributed by atoms with van der Waals surface area (Å²) in [5.41, 5.74) is 0. The van der Waals surface area contributed by atoms with E-state index in [0.717, 1.165) is 0 Å². The summed E-state index contributed by atoms with van der Waals surface area (Å²) in [6.07, 6.45) is 0. The van der Waals surface area contributed by atoms with Crippen LogP contribution in [0.1, 0.15) is 0 Å². The van der Waals surface area contributed by atoms with Gasteiger partial charge in [0.2, 0.25) is 0 Å². The molecule has 0 aromatic carbocycles. The zero-order valence-electron chi connectivity index (χ0n) is 7.49. The van der Waals surface area contributed by atoms with Gasteiger partial charge in [-0.15, -0.1) is 0 Å². The Balaban J connectivity index is 0. The van der Waals surface area contributed by atoms with Gasteiger partial charge in [0.15, 0.2) is 16.8 Å². The maximum atomic E-state index is 12.2. The summed E-state index contributed by atoms with van der Waals surface area (Å²) in [4.78, 5) is 0. The molecule has 0 heterocycles. The first-order valence-corrected chi connectivity index (χ1v) is 4.37. The first kappa shape index (κ1) is 18.8. The maximum Gasteiger partial charge on any atom is 1.00 e. The molecule has 0 spiro atoms. The Hall–Kier alpha value is 0.420. The SMILES string of the molecule is O=S(=O)([O-])C(F)(F)C(F)(F)C(F)(F)CF.[Na+]. The molecule has 0 rings (SSSR count). The molecule has 0 saturated heterocycles. The third-order valence-electron chi connectivity index (χ3n) is 1.31. The van der Waals surface area contributed by atoms with E-state index in [9.17, 15) is 43.7 Å². The zero-order chi connectivity index (χ0) is 12.7. The molecule has 0 radical (unpaired) electrons. The first-order chi connectivity index (χ1) is 6.31. The molecule has 0 unspecified atom stereocenters. The standard InChI is InChI=1S/C4H3F7O3S.Na/c5-1-2(6,7)3(8,9)4(10,11)15(12,13)14;/h1H2,(H,12,13,14);/q;+1/p-1. The normalized spacial score (nSPS) is 14.5. The van der Waals surface area contributed by atoms with Gasteiger partial charge in [-0.1, -0.05) is 0 Å². The molecule has 0 aliphatic rings. The molecule has 0 N–H and O–H groups in total.